The van der Waals surface area contributed by atoms with Gasteiger partial charge in [0, 0.05) is 34.9 Å². The maximum Gasteiger partial charge on any atom is 0.137 e. The lowest BCUT2D eigenvalue weighted by Crippen LogP contribution is -3.14. The van der Waals surface area contributed by atoms with Crippen molar-refractivity contribution >= 4 is 22.0 Å². The Morgan fingerprint density at radius 2 is 2.11 bits per heavy atom. The van der Waals surface area contributed by atoms with Gasteiger partial charge in [-0.15, -0.1) is 0 Å². The number of benzene rings is 1. The molecular formula is C15H19BrNO2+. The van der Waals surface area contributed by atoms with Gasteiger partial charge >= 0.3 is 0 Å². The van der Waals surface area contributed by atoms with Crippen molar-refractivity contribution in [1.82, 2.24) is 0 Å². The third-order valence-electron chi connectivity index (χ3n) is 4.31. The molecule has 0 amide bonds. The molecule has 1 atom stereocenters. The molecule has 0 aliphatic carbocycles. The predicted molar refractivity (Wildman–Crippen MR) is 78.1 cm³/mol. The Balaban J connectivity index is 1.99. The molecule has 19 heavy (non-hydrogen) atoms. The first-order valence-corrected chi connectivity index (χ1v) is 7.56. The molecule has 0 spiro atoms. The summed E-state index contributed by atoms with van der Waals surface area (Å²) in [6, 6.07) is 5.97. The predicted octanol–water partition coefficient (Wildman–Crippen LogP) is 1.47. The summed E-state index contributed by atoms with van der Waals surface area (Å²) >= 11 is 3.49. The lowest BCUT2D eigenvalue weighted by molar-refractivity contribution is -0.880. The third kappa shape index (κ3) is 2.45. The molecule has 2 N–H and O–H groups in total. The summed E-state index contributed by atoms with van der Waals surface area (Å²) in [7, 11) is 1.68. The van der Waals surface area contributed by atoms with Crippen LogP contribution in [-0.4, -0.2) is 31.4 Å². The largest absolute Gasteiger partial charge is 0.496 e. The monoisotopic (exact) mass is 324 g/mol. The van der Waals surface area contributed by atoms with E-state index in [0.717, 1.165) is 47.4 Å². The molecule has 0 radical (unpaired) electrons. The number of fused-ring (bicyclic) bond motifs is 3. The number of rotatable bonds is 2. The van der Waals surface area contributed by atoms with Gasteiger partial charge in [0.25, 0.3) is 0 Å². The number of hydrogen-bond acceptors (Lipinski definition) is 2. The normalized spacial score (nSPS) is 31.7. The average Bonchev–Trinajstić information content (AvgIpc) is 2.43. The molecule has 3 aliphatic heterocycles. The van der Waals surface area contributed by atoms with Crippen LogP contribution in [0.3, 0.4) is 0 Å². The summed E-state index contributed by atoms with van der Waals surface area (Å²) in [6.07, 6.45) is 4.10. The van der Waals surface area contributed by atoms with Crippen molar-refractivity contribution in [3.63, 3.8) is 0 Å². The molecule has 0 aromatic heterocycles. The maximum absolute atomic E-state index is 10.4. The average molecular weight is 325 g/mol. The van der Waals surface area contributed by atoms with Crippen LogP contribution in [-0.2, 0) is 0 Å². The van der Waals surface area contributed by atoms with E-state index in [4.69, 9.17) is 4.74 Å². The van der Waals surface area contributed by atoms with E-state index in [0.29, 0.717) is 5.92 Å². The topological polar surface area (TPSA) is 33.9 Å². The second kappa shape index (κ2) is 5.27. The molecule has 3 nitrogen and oxygen atoms in total. The first-order chi connectivity index (χ1) is 9.19. The minimum Gasteiger partial charge on any atom is -0.496 e. The number of methoxy groups -OCH3 is 1. The van der Waals surface area contributed by atoms with Crippen molar-refractivity contribution < 1.29 is 14.7 Å². The van der Waals surface area contributed by atoms with Gasteiger partial charge in [0.05, 0.1) is 20.2 Å². The highest BCUT2D eigenvalue weighted by atomic mass is 79.9. The van der Waals surface area contributed by atoms with Crippen molar-refractivity contribution in [2.24, 2.45) is 5.92 Å². The molecule has 102 valence electrons. The first kappa shape index (κ1) is 13.2. The molecule has 0 saturated carbocycles. The Bertz CT molecular complexity index is 503. The van der Waals surface area contributed by atoms with Gasteiger partial charge in [0.1, 0.15) is 17.6 Å². The van der Waals surface area contributed by atoms with E-state index in [1.54, 1.807) is 7.11 Å². The van der Waals surface area contributed by atoms with E-state index >= 15 is 0 Å². The molecule has 3 aliphatic rings. The second-order valence-corrected chi connectivity index (χ2v) is 6.29. The first-order valence-electron chi connectivity index (χ1n) is 6.77. The highest BCUT2D eigenvalue weighted by Crippen LogP contribution is 2.29. The van der Waals surface area contributed by atoms with Crippen LogP contribution in [0.4, 0.5) is 0 Å². The van der Waals surface area contributed by atoms with Crippen molar-refractivity contribution in [3.05, 3.63) is 33.9 Å². The van der Waals surface area contributed by atoms with Crippen LogP contribution >= 0.6 is 15.9 Å². The van der Waals surface area contributed by atoms with Crippen LogP contribution < -0.4 is 9.64 Å². The summed E-state index contributed by atoms with van der Waals surface area (Å²) in [5.74, 6) is 1.30. The second-order valence-electron chi connectivity index (χ2n) is 5.37. The van der Waals surface area contributed by atoms with Crippen molar-refractivity contribution in [2.45, 2.75) is 18.9 Å². The summed E-state index contributed by atoms with van der Waals surface area (Å²) in [4.78, 5) is 1.43. The minimum absolute atomic E-state index is 0.291. The fraction of sp³-hybridized carbons (Fsp3) is 0.467. The van der Waals surface area contributed by atoms with Crippen LogP contribution in [0.15, 0.2) is 28.4 Å². The number of nitrogens with one attached hydrogen (secondary N) is 1. The van der Waals surface area contributed by atoms with Gasteiger partial charge < -0.3 is 14.7 Å². The van der Waals surface area contributed by atoms with Crippen LogP contribution in [0, 0.1) is 5.92 Å². The smallest absolute Gasteiger partial charge is 0.137 e. The van der Waals surface area contributed by atoms with Gasteiger partial charge in [-0.2, -0.15) is 0 Å². The molecule has 4 heteroatoms. The SMILES string of the molecule is COc1ccc(Br)cc1/C=C1/[C@H](O)C2CC[NH+]1CC2. The highest BCUT2D eigenvalue weighted by molar-refractivity contribution is 9.10. The number of piperidine rings is 3. The number of aliphatic hydroxyl groups excluding tert-OH is 1. The van der Waals surface area contributed by atoms with E-state index in [2.05, 4.69) is 22.0 Å². The van der Waals surface area contributed by atoms with E-state index < -0.39 is 0 Å². The molecule has 1 aromatic carbocycles. The molecule has 3 heterocycles. The third-order valence-corrected chi connectivity index (χ3v) is 4.80. The van der Waals surface area contributed by atoms with Crippen LogP contribution in [0.1, 0.15) is 18.4 Å². The number of halogens is 1. The van der Waals surface area contributed by atoms with Gasteiger partial charge in [-0.1, -0.05) is 15.9 Å². The van der Waals surface area contributed by atoms with Crippen molar-refractivity contribution in [3.8, 4) is 5.75 Å². The zero-order valence-electron chi connectivity index (χ0n) is 11.0. The van der Waals surface area contributed by atoms with Gasteiger partial charge in [-0.25, -0.2) is 0 Å². The number of hydrogen-bond donors (Lipinski definition) is 2. The zero-order valence-corrected chi connectivity index (χ0v) is 12.6. The van der Waals surface area contributed by atoms with Crippen LogP contribution in [0.2, 0.25) is 0 Å². The molecule has 0 unspecified atom stereocenters. The Morgan fingerprint density at radius 3 is 2.74 bits per heavy atom. The van der Waals surface area contributed by atoms with Gasteiger partial charge in [-0.3, -0.25) is 0 Å². The van der Waals surface area contributed by atoms with E-state index in [1.807, 2.05) is 18.2 Å². The molecule has 3 fully saturated rings. The van der Waals surface area contributed by atoms with E-state index in [-0.39, 0.29) is 6.10 Å². The standard InChI is InChI=1S/C15H18BrNO2/c1-19-14-3-2-12(16)8-11(14)9-13-15(18)10-4-6-17(13)7-5-10/h2-3,8-10,15,18H,4-7H2,1H3/p+1/b13-9-/t15-/m1/s1. The molecule has 2 bridgehead atoms. The lowest BCUT2D eigenvalue weighted by atomic mass is 9.83. The Labute approximate surface area is 122 Å². The number of quaternary nitrogens is 1. The van der Waals surface area contributed by atoms with Gasteiger partial charge in [0.2, 0.25) is 0 Å². The lowest BCUT2D eigenvalue weighted by Gasteiger charge is -2.41. The highest BCUT2D eigenvalue weighted by Gasteiger charge is 2.41. The van der Waals surface area contributed by atoms with Gasteiger partial charge in [0.15, 0.2) is 0 Å². The van der Waals surface area contributed by atoms with Crippen LogP contribution in [0.25, 0.3) is 6.08 Å². The molecule has 4 rings (SSSR count). The minimum atomic E-state index is -0.291. The fourth-order valence-electron chi connectivity index (χ4n) is 3.23. The number of aliphatic hydroxyl groups is 1. The summed E-state index contributed by atoms with van der Waals surface area (Å²) < 4.78 is 6.43. The van der Waals surface area contributed by atoms with Crippen molar-refractivity contribution in [1.29, 1.82) is 0 Å². The summed E-state index contributed by atoms with van der Waals surface area (Å²) in [6.45, 7) is 2.29. The molecular weight excluding hydrogens is 306 g/mol. The van der Waals surface area contributed by atoms with E-state index in [9.17, 15) is 5.11 Å². The molecule has 1 aromatic rings. The quantitative estimate of drug-likeness (QED) is 0.863. The maximum atomic E-state index is 10.4. The van der Waals surface area contributed by atoms with E-state index in [1.165, 1.54) is 4.90 Å². The van der Waals surface area contributed by atoms with Crippen LogP contribution in [0.5, 0.6) is 5.75 Å². The Kier molecular flexibility index (Phi) is 3.65. The zero-order chi connectivity index (χ0) is 13.4. The number of ether oxygens (including phenoxy) is 1. The summed E-state index contributed by atoms with van der Waals surface area (Å²) in [5.41, 5.74) is 2.16. The summed E-state index contributed by atoms with van der Waals surface area (Å²) in [5, 5.41) is 10.4. The van der Waals surface area contributed by atoms with Gasteiger partial charge in [-0.05, 0) is 18.2 Å². The Morgan fingerprint density at radius 1 is 1.37 bits per heavy atom. The fourth-order valence-corrected chi connectivity index (χ4v) is 3.61. The molecule has 3 saturated heterocycles. The Hall–Kier alpha value is -0.840. The van der Waals surface area contributed by atoms with Crippen molar-refractivity contribution in [2.75, 3.05) is 20.2 Å².